The monoisotopic (exact) mass is 282 g/mol. The van der Waals surface area contributed by atoms with Gasteiger partial charge in [0.15, 0.2) is 0 Å². The number of nitrogens with one attached hydrogen (secondary N) is 1. The van der Waals surface area contributed by atoms with E-state index in [9.17, 15) is 13.2 Å². The van der Waals surface area contributed by atoms with E-state index in [4.69, 9.17) is 0 Å². The topological polar surface area (TPSA) is 15.3 Å². The maximum absolute atomic E-state index is 12.7. The third-order valence-electron chi connectivity index (χ3n) is 3.06. The summed E-state index contributed by atoms with van der Waals surface area (Å²) in [5, 5.41) is 3.32. The van der Waals surface area contributed by atoms with Crippen LogP contribution in [0.2, 0.25) is 0 Å². The SMILES string of the molecule is CC(C)C(CNC(C)(C)C)N(CC(F)(F)F)C(C)C. The van der Waals surface area contributed by atoms with Crippen LogP contribution in [0, 0.1) is 5.92 Å². The van der Waals surface area contributed by atoms with Crippen molar-refractivity contribution in [2.45, 2.75) is 72.3 Å². The molecule has 0 saturated heterocycles. The summed E-state index contributed by atoms with van der Waals surface area (Å²) >= 11 is 0. The second-order valence-corrected chi connectivity index (χ2v) is 6.82. The summed E-state index contributed by atoms with van der Waals surface area (Å²) in [5.41, 5.74) is -0.0893. The minimum atomic E-state index is -4.15. The first-order valence-corrected chi connectivity index (χ1v) is 6.91. The molecular formula is C14H29F3N2. The van der Waals surface area contributed by atoms with Gasteiger partial charge in [-0.2, -0.15) is 13.2 Å². The summed E-state index contributed by atoms with van der Waals surface area (Å²) in [7, 11) is 0. The molecular weight excluding hydrogens is 253 g/mol. The van der Waals surface area contributed by atoms with E-state index >= 15 is 0 Å². The van der Waals surface area contributed by atoms with Crippen LogP contribution in [0.15, 0.2) is 0 Å². The van der Waals surface area contributed by atoms with Crippen molar-refractivity contribution >= 4 is 0 Å². The minimum absolute atomic E-state index is 0.0893. The van der Waals surface area contributed by atoms with Gasteiger partial charge in [-0.3, -0.25) is 4.90 Å². The van der Waals surface area contributed by atoms with Gasteiger partial charge in [0.25, 0.3) is 0 Å². The molecule has 1 unspecified atom stereocenters. The number of alkyl halides is 3. The van der Waals surface area contributed by atoms with E-state index in [2.05, 4.69) is 5.32 Å². The molecule has 5 heteroatoms. The lowest BCUT2D eigenvalue weighted by Crippen LogP contribution is -2.54. The van der Waals surface area contributed by atoms with Crippen LogP contribution >= 0.6 is 0 Å². The fraction of sp³-hybridized carbons (Fsp3) is 1.00. The lowest BCUT2D eigenvalue weighted by molar-refractivity contribution is -0.157. The molecule has 2 nitrogen and oxygen atoms in total. The van der Waals surface area contributed by atoms with Crippen molar-refractivity contribution in [2.75, 3.05) is 13.1 Å². The van der Waals surface area contributed by atoms with Gasteiger partial charge in [-0.1, -0.05) is 13.8 Å². The van der Waals surface area contributed by atoms with Crippen molar-refractivity contribution in [3.8, 4) is 0 Å². The number of hydrogen-bond donors (Lipinski definition) is 1. The van der Waals surface area contributed by atoms with Crippen molar-refractivity contribution < 1.29 is 13.2 Å². The Balaban J connectivity index is 4.88. The fourth-order valence-corrected chi connectivity index (χ4v) is 2.04. The first-order valence-electron chi connectivity index (χ1n) is 6.91. The highest BCUT2D eigenvalue weighted by Gasteiger charge is 2.36. The summed E-state index contributed by atoms with van der Waals surface area (Å²) in [6, 6.07) is -0.253. The molecule has 0 heterocycles. The summed E-state index contributed by atoms with van der Waals surface area (Å²) in [5.74, 6) is 0.166. The second kappa shape index (κ2) is 6.93. The van der Waals surface area contributed by atoms with E-state index in [1.807, 2.05) is 48.5 Å². The van der Waals surface area contributed by atoms with Crippen LogP contribution in [0.5, 0.6) is 0 Å². The Bertz CT molecular complexity index is 254. The van der Waals surface area contributed by atoms with Crippen molar-refractivity contribution in [1.82, 2.24) is 10.2 Å². The molecule has 1 atom stereocenters. The molecule has 0 bridgehead atoms. The van der Waals surface area contributed by atoms with E-state index in [1.54, 1.807) is 4.90 Å². The Morgan fingerprint density at radius 3 is 1.74 bits per heavy atom. The largest absolute Gasteiger partial charge is 0.401 e. The summed E-state index contributed by atoms with van der Waals surface area (Å²) in [4.78, 5) is 1.55. The van der Waals surface area contributed by atoms with Crippen molar-refractivity contribution in [1.29, 1.82) is 0 Å². The van der Waals surface area contributed by atoms with Gasteiger partial charge in [-0.25, -0.2) is 0 Å². The normalized spacial score (nSPS) is 15.6. The van der Waals surface area contributed by atoms with Gasteiger partial charge >= 0.3 is 6.18 Å². The Morgan fingerprint density at radius 1 is 1.00 bits per heavy atom. The standard InChI is InChI=1S/C14H29F3N2/c1-10(2)12(8-18-13(5,6)7)19(11(3)4)9-14(15,16)17/h10-12,18H,8-9H2,1-7H3. The van der Waals surface area contributed by atoms with Crippen LogP contribution in [0.25, 0.3) is 0 Å². The molecule has 0 aliphatic carbocycles. The molecule has 1 N–H and O–H groups in total. The van der Waals surface area contributed by atoms with Gasteiger partial charge in [0, 0.05) is 24.2 Å². The van der Waals surface area contributed by atoms with Gasteiger partial charge in [-0.15, -0.1) is 0 Å². The molecule has 0 spiro atoms. The quantitative estimate of drug-likeness (QED) is 0.799. The first-order chi connectivity index (χ1) is 8.33. The second-order valence-electron chi connectivity index (χ2n) is 6.82. The van der Waals surface area contributed by atoms with Gasteiger partial charge in [0.2, 0.25) is 0 Å². The molecule has 0 aromatic heterocycles. The maximum atomic E-state index is 12.7. The van der Waals surface area contributed by atoms with E-state index in [-0.39, 0.29) is 23.5 Å². The zero-order valence-electron chi connectivity index (χ0n) is 13.2. The number of hydrogen-bond acceptors (Lipinski definition) is 2. The van der Waals surface area contributed by atoms with Crippen LogP contribution in [-0.2, 0) is 0 Å². The molecule has 0 fully saturated rings. The lowest BCUT2D eigenvalue weighted by Gasteiger charge is -2.39. The van der Waals surface area contributed by atoms with E-state index < -0.39 is 12.7 Å². The Labute approximate surface area is 115 Å². The smallest absolute Gasteiger partial charge is 0.311 e. The van der Waals surface area contributed by atoms with Gasteiger partial charge < -0.3 is 5.32 Å². The van der Waals surface area contributed by atoms with E-state index in [1.165, 1.54) is 0 Å². The zero-order chi connectivity index (χ0) is 15.4. The molecule has 0 aromatic carbocycles. The van der Waals surface area contributed by atoms with Crippen LogP contribution in [0.3, 0.4) is 0 Å². The molecule has 0 saturated carbocycles. The third-order valence-corrected chi connectivity index (χ3v) is 3.06. The summed E-state index contributed by atoms with van der Waals surface area (Å²) in [6.45, 7) is 13.4. The van der Waals surface area contributed by atoms with Gasteiger partial charge in [0.1, 0.15) is 0 Å². The molecule has 0 radical (unpaired) electrons. The highest BCUT2D eigenvalue weighted by atomic mass is 19.4. The molecule has 0 aliphatic heterocycles. The van der Waals surface area contributed by atoms with Crippen LogP contribution in [0.4, 0.5) is 13.2 Å². The van der Waals surface area contributed by atoms with Gasteiger partial charge in [0.05, 0.1) is 6.54 Å². The zero-order valence-corrected chi connectivity index (χ0v) is 13.2. The van der Waals surface area contributed by atoms with Crippen molar-refractivity contribution in [3.05, 3.63) is 0 Å². The fourth-order valence-electron chi connectivity index (χ4n) is 2.04. The number of rotatable bonds is 6. The Hall–Kier alpha value is -0.290. The molecule has 0 aliphatic rings. The minimum Gasteiger partial charge on any atom is -0.311 e. The van der Waals surface area contributed by atoms with E-state index in [0.717, 1.165) is 0 Å². The molecule has 19 heavy (non-hydrogen) atoms. The third kappa shape index (κ3) is 8.47. The Kier molecular flexibility index (Phi) is 6.83. The maximum Gasteiger partial charge on any atom is 0.401 e. The molecule has 0 rings (SSSR count). The predicted molar refractivity (Wildman–Crippen MR) is 74.3 cm³/mol. The first kappa shape index (κ1) is 18.7. The highest BCUT2D eigenvalue weighted by molar-refractivity contribution is 4.84. The van der Waals surface area contributed by atoms with Crippen LogP contribution in [0.1, 0.15) is 48.5 Å². The average Bonchev–Trinajstić information content (AvgIpc) is 2.11. The van der Waals surface area contributed by atoms with Crippen molar-refractivity contribution in [3.63, 3.8) is 0 Å². The predicted octanol–water partition coefficient (Wildman–Crippen LogP) is 3.67. The van der Waals surface area contributed by atoms with E-state index in [0.29, 0.717) is 6.54 Å². The average molecular weight is 282 g/mol. The molecule has 0 aromatic rings. The Morgan fingerprint density at radius 2 is 1.47 bits per heavy atom. The number of nitrogens with zero attached hydrogens (tertiary/aromatic N) is 1. The lowest BCUT2D eigenvalue weighted by atomic mass is 9.99. The number of halogens is 3. The van der Waals surface area contributed by atoms with Crippen LogP contribution in [-0.4, -0.2) is 41.8 Å². The highest BCUT2D eigenvalue weighted by Crippen LogP contribution is 2.23. The molecule has 116 valence electrons. The van der Waals surface area contributed by atoms with Crippen molar-refractivity contribution in [2.24, 2.45) is 5.92 Å². The molecule has 0 amide bonds. The van der Waals surface area contributed by atoms with Crippen LogP contribution < -0.4 is 5.32 Å². The van der Waals surface area contributed by atoms with Gasteiger partial charge in [-0.05, 0) is 40.5 Å². The summed E-state index contributed by atoms with van der Waals surface area (Å²) in [6.07, 6.45) is -4.15. The summed E-state index contributed by atoms with van der Waals surface area (Å²) < 4.78 is 38.1.